The average Bonchev–Trinajstić information content (AvgIpc) is 2.73. The Morgan fingerprint density at radius 2 is 1.55 bits per heavy atom. The van der Waals surface area contributed by atoms with Crippen molar-refractivity contribution in [3.05, 3.63) is 42.0 Å². The van der Waals surface area contributed by atoms with E-state index in [-0.39, 0.29) is 10.5 Å². The van der Waals surface area contributed by atoms with Crippen LogP contribution < -0.4 is 19.5 Å². The van der Waals surface area contributed by atoms with Gasteiger partial charge in [-0.2, -0.15) is 4.31 Å². The van der Waals surface area contributed by atoms with Crippen LogP contribution in [0.3, 0.4) is 0 Å². The van der Waals surface area contributed by atoms with E-state index in [1.807, 2.05) is 0 Å². The molecule has 8 nitrogen and oxygen atoms in total. The number of sulfonamides is 1. The third-order valence-corrected chi connectivity index (χ3v) is 6.41. The van der Waals surface area contributed by atoms with E-state index in [0.717, 1.165) is 0 Å². The molecule has 0 saturated heterocycles. The maximum absolute atomic E-state index is 12.7. The van der Waals surface area contributed by atoms with E-state index in [1.54, 1.807) is 26.0 Å². The Labute approximate surface area is 171 Å². The first-order valence-electron chi connectivity index (χ1n) is 9.03. The molecule has 0 fully saturated rings. The van der Waals surface area contributed by atoms with Gasteiger partial charge in [-0.25, -0.2) is 8.42 Å². The number of carbonyl (C=O) groups is 1. The van der Waals surface area contributed by atoms with E-state index in [0.29, 0.717) is 36.0 Å². The highest BCUT2D eigenvalue weighted by molar-refractivity contribution is 7.89. The van der Waals surface area contributed by atoms with Gasteiger partial charge in [0.25, 0.3) is 5.91 Å². The largest absolute Gasteiger partial charge is 0.493 e. The highest BCUT2D eigenvalue weighted by Crippen LogP contribution is 2.38. The van der Waals surface area contributed by atoms with Gasteiger partial charge in [-0.05, 0) is 30.3 Å². The molecule has 0 unspecified atom stereocenters. The summed E-state index contributed by atoms with van der Waals surface area (Å²) >= 11 is 0. The Kier molecular flexibility index (Phi) is 7.46. The lowest BCUT2D eigenvalue weighted by Gasteiger charge is -2.19. The molecule has 1 N–H and O–H groups in total. The molecule has 0 saturated carbocycles. The number of amides is 1. The number of hydrogen-bond donors (Lipinski definition) is 1. The van der Waals surface area contributed by atoms with Gasteiger partial charge in [-0.15, -0.1) is 0 Å². The minimum absolute atomic E-state index is 0.115. The van der Waals surface area contributed by atoms with Crippen molar-refractivity contribution in [2.24, 2.45) is 0 Å². The standard InChI is InChI=1S/C20H26N2O6S/c1-6-22(7-2)29(24,25)16-10-8-9-15(13-16)21-20(23)14-11-17(26-3)19(28-5)18(12-14)27-4/h8-13H,6-7H2,1-5H3,(H,21,23). The smallest absolute Gasteiger partial charge is 0.255 e. The van der Waals surface area contributed by atoms with Gasteiger partial charge in [-0.1, -0.05) is 19.9 Å². The maximum Gasteiger partial charge on any atom is 0.255 e. The van der Waals surface area contributed by atoms with E-state index in [2.05, 4.69) is 5.32 Å². The fourth-order valence-electron chi connectivity index (χ4n) is 2.86. The molecule has 0 aliphatic rings. The highest BCUT2D eigenvalue weighted by Gasteiger charge is 2.22. The first-order chi connectivity index (χ1) is 13.8. The summed E-state index contributed by atoms with van der Waals surface area (Å²) in [6.45, 7) is 4.27. The topological polar surface area (TPSA) is 94.2 Å². The van der Waals surface area contributed by atoms with Crippen molar-refractivity contribution in [3.8, 4) is 17.2 Å². The van der Waals surface area contributed by atoms with E-state index in [1.165, 1.54) is 49.9 Å². The average molecular weight is 423 g/mol. The van der Waals surface area contributed by atoms with Crippen LogP contribution in [0.5, 0.6) is 17.2 Å². The molecule has 0 aliphatic heterocycles. The Morgan fingerprint density at radius 3 is 2.03 bits per heavy atom. The minimum atomic E-state index is -3.63. The summed E-state index contributed by atoms with van der Waals surface area (Å²) in [5.41, 5.74) is 0.633. The van der Waals surface area contributed by atoms with Crippen LogP contribution in [0.1, 0.15) is 24.2 Å². The van der Waals surface area contributed by atoms with Crippen LogP contribution in [-0.2, 0) is 10.0 Å². The predicted octanol–water partition coefficient (Wildman–Crippen LogP) is 3.00. The monoisotopic (exact) mass is 422 g/mol. The number of nitrogens with zero attached hydrogens (tertiary/aromatic N) is 1. The van der Waals surface area contributed by atoms with Crippen LogP contribution in [-0.4, -0.2) is 53.0 Å². The molecule has 0 aliphatic carbocycles. The number of ether oxygens (including phenoxy) is 3. The number of methoxy groups -OCH3 is 3. The molecule has 0 heterocycles. The fourth-order valence-corrected chi connectivity index (χ4v) is 4.37. The van der Waals surface area contributed by atoms with Gasteiger partial charge >= 0.3 is 0 Å². The summed E-state index contributed by atoms with van der Waals surface area (Å²) in [5, 5.41) is 2.71. The van der Waals surface area contributed by atoms with Gasteiger partial charge in [0.05, 0.1) is 26.2 Å². The zero-order chi connectivity index (χ0) is 21.6. The third kappa shape index (κ3) is 4.80. The van der Waals surface area contributed by atoms with Crippen molar-refractivity contribution in [3.63, 3.8) is 0 Å². The van der Waals surface area contributed by atoms with Crippen LogP contribution >= 0.6 is 0 Å². The Balaban J connectivity index is 2.35. The molecule has 2 aromatic rings. The molecule has 0 bridgehead atoms. The van der Waals surface area contributed by atoms with Crippen LogP contribution in [0.4, 0.5) is 5.69 Å². The lowest BCUT2D eigenvalue weighted by molar-refractivity contribution is 0.102. The van der Waals surface area contributed by atoms with Crippen molar-refractivity contribution < 1.29 is 27.4 Å². The molecule has 0 spiro atoms. The molecule has 0 aromatic heterocycles. The lowest BCUT2D eigenvalue weighted by atomic mass is 10.1. The molecule has 0 atom stereocenters. The van der Waals surface area contributed by atoms with Gasteiger partial charge in [-0.3, -0.25) is 4.79 Å². The third-order valence-electron chi connectivity index (χ3n) is 4.36. The Bertz CT molecular complexity index is 946. The molecule has 9 heteroatoms. The molecule has 158 valence electrons. The van der Waals surface area contributed by atoms with E-state index in [9.17, 15) is 13.2 Å². The number of nitrogens with one attached hydrogen (secondary N) is 1. The van der Waals surface area contributed by atoms with Gasteiger partial charge in [0.1, 0.15) is 0 Å². The van der Waals surface area contributed by atoms with E-state index >= 15 is 0 Å². The lowest BCUT2D eigenvalue weighted by Crippen LogP contribution is -2.30. The van der Waals surface area contributed by atoms with Crippen molar-refractivity contribution in [1.82, 2.24) is 4.31 Å². The second-order valence-corrected chi connectivity index (χ2v) is 7.92. The zero-order valence-electron chi connectivity index (χ0n) is 17.2. The summed E-state index contributed by atoms with van der Waals surface area (Å²) in [4.78, 5) is 12.8. The van der Waals surface area contributed by atoms with Gasteiger partial charge in [0, 0.05) is 24.3 Å². The van der Waals surface area contributed by atoms with Crippen molar-refractivity contribution in [2.75, 3.05) is 39.7 Å². The van der Waals surface area contributed by atoms with Gasteiger partial charge in [0.2, 0.25) is 15.8 Å². The van der Waals surface area contributed by atoms with E-state index < -0.39 is 15.9 Å². The van der Waals surface area contributed by atoms with Crippen molar-refractivity contribution in [2.45, 2.75) is 18.7 Å². The minimum Gasteiger partial charge on any atom is -0.493 e. The van der Waals surface area contributed by atoms with Gasteiger partial charge in [0.15, 0.2) is 11.5 Å². The summed E-state index contributed by atoms with van der Waals surface area (Å²) in [6, 6.07) is 9.19. The predicted molar refractivity (Wildman–Crippen MR) is 111 cm³/mol. The van der Waals surface area contributed by atoms with Crippen LogP contribution in [0.15, 0.2) is 41.3 Å². The number of benzene rings is 2. The van der Waals surface area contributed by atoms with Crippen LogP contribution in [0.25, 0.3) is 0 Å². The maximum atomic E-state index is 12.7. The summed E-state index contributed by atoms with van der Waals surface area (Å²) < 4.78 is 42.6. The Hall–Kier alpha value is -2.78. The number of anilines is 1. The van der Waals surface area contributed by atoms with Gasteiger partial charge < -0.3 is 19.5 Å². The van der Waals surface area contributed by atoms with E-state index in [4.69, 9.17) is 14.2 Å². The summed E-state index contributed by atoms with van der Waals surface area (Å²) in [7, 11) is 0.763. The Morgan fingerprint density at radius 1 is 0.966 bits per heavy atom. The first kappa shape index (κ1) is 22.5. The molecule has 1 amide bonds. The molecular weight excluding hydrogens is 396 g/mol. The number of hydrogen-bond acceptors (Lipinski definition) is 6. The van der Waals surface area contributed by atoms with Crippen molar-refractivity contribution >= 4 is 21.6 Å². The molecule has 2 rings (SSSR count). The quantitative estimate of drug-likeness (QED) is 0.668. The second kappa shape index (κ2) is 9.62. The molecule has 29 heavy (non-hydrogen) atoms. The molecule has 2 aromatic carbocycles. The number of rotatable bonds is 9. The summed E-state index contributed by atoms with van der Waals surface area (Å²) in [6.07, 6.45) is 0. The fraction of sp³-hybridized carbons (Fsp3) is 0.350. The number of carbonyl (C=O) groups excluding carboxylic acids is 1. The summed E-state index contributed by atoms with van der Waals surface area (Å²) in [5.74, 6) is 0.616. The van der Waals surface area contributed by atoms with Crippen molar-refractivity contribution in [1.29, 1.82) is 0 Å². The highest BCUT2D eigenvalue weighted by atomic mass is 32.2. The normalized spacial score (nSPS) is 11.2. The molecular formula is C20H26N2O6S. The first-order valence-corrected chi connectivity index (χ1v) is 10.5. The zero-order valence-corrected chi connectivity index (χ0v) is 18.0. The van der Waals surface area contributed by atoms with Crippen LogP contribution in [0, 0.1) is 0 Å². The molecule has 0 radical (unpaired) electrons. The van der Waals surface area contributed by atoms with Crippen LogP contribution in [0.2, 0.25) is 0 Å². The SMILES string of the molecule is CCN(CC)S(=O)(=O)c1cccc(NC(=O)c2cc(OC)c(OC)c(OC)c2)c1. The second-order valence-electron chi connectivity index (χ2n) is 5.99.